The first kappa shape index (κ1) is 15.5. The smallest absolute Gasteiger partial charge is 0.259 e. The Morgan fingerprint density at radius 2 is 2.00 bits per heavy atom. The maximum absolute atomic E-state index is 11.9. The molecule has 0 spiro atoms. The first-order chi connectivity index (χ1) is 10.1. The highest BCUT2D eigenvalue weighted by Gasteiger charge is 2.13. The molecule has 2 amide bonds. The highest BCUT2D eigenvalue weighted by atomic mass is 79.9. The minimum atomic E-state index is -0.432. The number of pyridine rings is 1. The standard InChI is InChI=1S/C14H12BrN3O2S/c15-11-4-2-1-3-10(11)14(20)18-12(19)8-21-13-6-5-9(16)7-17-13/h1-7H,8,16H2,(H,18,19,20). The number of carbonyl (C=O) groups excluding carboxylic acids is 2. The zero-order valence-electron chi connectivity index (χ0n) is 10.9. The van der Waals surface area contributed by atoms with Gasteiger partial charge in [0.15, 0.2) is 0 Å². The lowest BCUT2D eigenvalue weighted by Crippen LogP contribution is -2.32. The minimum Gasteiger partial charge on any atom is -0.397 e. The van der Waals surface area contributed by atoms with Crippen molar-refractivity contribution in [2.45, 2.75) is 5.03 Å². The molecule has 0 atom stereocenters. The van der Waals surface area contributed by atoms with Gasteiger partial charge in [-0.1, -0.05) is 23.9 Å². The van der Waals surface area contributed by atoms with Gasteiger partial charge in [-0.3, -0.25) is 14.9 Å². The number of anilines is 1. The molecule has 0 aliphatic heterocycles. The maximum Gasteiger partial charge on any atom is 0.259 e. The van der Waals surface area contributed by atoms with E-state index in [4.69, 9.17) is 5.73 Å². The number of rotatable bonds is 4. The molecule has 0 saturated carbocycles. The SMILES string of the molecule is Nc1ccc(SCC(=O)NC(=O)c2ccccc2Br)nc1. The second-order valence-electron chi connectivity index (χ2n) is 4.08. The van der Waals surface area contributed by atoms with Gasteiger partial charge >= 0.3 is 0 Å². The van der Waals surface area contributed by atoms with Gasteiger partial charge < -0.3 is 5.73 Å². The highest BCUT2D eigenvalue weighted by Crippen LogP contribution is 2.17. The predicted molar refractivity (Wildman–Crippen MR) is 86.0 cm³/mol. The van der Waals surface area contributed by atoms with Crippen LogP contribution in [0.3, 0.4) is 0 Å². The summed E-state index contributed by atoms with van der Waals surface area (Å²) in [6, 6.07) is 10.3. The molecule has 0 saturated heterocycles. The molecule has 0 fully saturated rings. The zero-order chi connectivity index (χ0) is 15.2. The fourth-order valence-electron chi connectivity index (χ4n) is 1.49. The van der Waals surface area contributed by atoms with E-state index in [-0.39, 0.29) is 11.7 Å². The van der Waals surface area contributed by atoms with Crippen LogP contribution in [0.4, 0.5) is 5.69 Å². The average Bonchev–Trinajstić information content (AvgIpc) is 2.47. The van der Waals surface area contributed by atoms with Crippen LogP contribution in [0.2, 0.25) is 0 Å². The van der Waals surface area contributed by atoms with Crippen molar-refractivity contribution in [2.75, 3.05) is 11.5 Å². The quantitative estimate of drug-likeness (QED) is 0.812. The first-order valence-corrected chi connectivity index (χ1v) is 7.77. The zero-order valence-corrected chi connectivity index (χ0v) is 13.3. The lowest BCUT2D eigenvalue weighted by atomic mass is 10.2. The van der Waals surface area contributed by atoms with E-state index in [1.54, 1.807) is 36.4 Å². The van der Waals surface area contributed by atoms with E-state index in [1.807, 2.05) is 0 Å². The molecule has 0 aliphatic carbocycles. The molecule has 1 aromatic carbocycles. The summed E-state index contributed by atoms with van der Waals surface area (Å²) < 4.78 is 0.642. The summed E-state index contributed by atoms with van der Waals surface area (Å²) in [5.74, 6) is -0.703. The van der Waals surface area contributed by atoms with Gasteiger partial charge in [0, 0.05) is 4.47 Å². The lowest BCUT2D eigenvalue weighted by molar-refractivity contribution is -0.117. The van der Waals surface area contributed by atoms with Gasteiger partial charge in [-0.25, -0.2) is 4.98 Å². The van der Waals surface area contributed by atoms with Crippen molar-refractivity contribution in [2.24, 2.45) is 0 Å². The highest BCUT2D eigenvalue weighted by molar-refractivity contribution is 9.10. The predicted octanol–water partition coefficient (Wildman–Crippen LogP) is 2.48. The van der Waals surface area contributed by atoms with Gasteiger partial charge in [-0.05, 0) is 40.2 Å². The molecule has 108 valence electrons. The normalized spacial score (nSPS) is 10.1. The maximum atomic E-state index is 11.9. The molecule has 7 heteroatoms. The summed E-state index contributed by atoms with van der Waals surface area (Å²) in [6.07, 6.45) is 1.52. The third-order valence-electron chi connectivity index (χ3n) is 2.48. The Balaban J connectivity index is 1.89. The van der Waals surface area contributed by atoms with Crippen molar-refractivity contribution in [1.82, 2.24) is 10.3 Å². The van der Waals surface area contributed by atoms with E-state index in [1.165, 1.54) is 18.0 Å². The van der Waals surface area contributed by atoms with Gasteiger partial charge in [0.1, 0.15) is 0 Å². The van der Waals surface area contributed by atoms with Crippen LogP contribution in [-0.2, 0) is 4.79 Å². The van der Waals surface area contributed by atoms with E-state index in [0.29, 0.717) is 20.7 Å². The number of aromatic nitrogens is 1. The van der Waals surface area contributed by atoms with Crippen molar-refractivity contribution in [3.8, 4) is 0 Å². The number of benzene rings is 1. The summed E-state index contributed by atoms with van der Waals surface area (Å²) in [5.41, 5.74) is 6.51. The Hall–Kier alpha value is -1.86. The number of halogens is 1. The number of carbonyl (C=O) groups is 2. The van der Waals surface area contributed by atoms with Crippen LogP contribution < -0.4 is 11.1 Å². The van der Waals surface area contributed by atoms with Gasteiger partial charge in [0.25, 0.3) is 5.91 Å². The molecular formula is C14H12BrN3O2S. The van der Waals surface area contributed by atoms with Crippen molar-refractivity contribution < 1.29 is 9.59 Å². The van der Waals surface area contributed by atoms with E-state index < -0.39 is 5.91 Å². The second kappa shape index (κ2) is 7.24. The van der Waals surface area contributed by atoms with E-state index in [2.05, 4.69) is 26.2 Å². The van der Waals surface area contributed by atoms with Gasteiger partial charge in [0.05, 0.1) is 28.2 Å². The number of nitrogen functional groups attached to an aromatic ring is 1. The topological polar surface area (TPSA) is 85.1 Å². The van der Waals surface area contributed by atoms with Crippen molar-refractivity contribution in [3.05, 3.63) is 52.6 Å². The molecule has 3 N–H and O–H groups in total. The summed E-state index contributed by atoms with van der Waals surface area (Å²) in [6.45, 7) is 0. The number of amides is 2. The van der Waals surface area contributed by atoms with Crippen molar-refractivity contribution in [3.63, 3.8) is 0 Å². The molecule has 21 heavy (non-hydrogen) atoms. The van der Waals surface area contributed by atoms with Crippen LogP contribution in [0.15, 0.2) is 52.1 Å². The van der Waals surface area contributed by atoms with Gasteiger partial charge in [0.2, 0.25) is 5.91 Å². The number of nitrogens with zero attached hydrogens (tertiary/aromatic N) is 1. The third-order valence-corrected chi connectivity index (χ3v) is 4.12. The van der Waals surface area contributed by atoms with Crippen LogP contribution in [-0.4, -0.2) is 22.6 Å². The van der Waals surface area contributed by atoms with Crippen LogP contribution in [0, 0.1) is 0 Å². The fourth-order valence-corrected chi connectivity index (χ4v) is 2.60. The Bertz CT molecular complexity index is 662. The Labute approximate surface area is 134 Å². The molecule has 0 radical (unpaired) electrons. The fraction of sp³-hybridized carbons (Fsp3) is 0.0714. The van der Waals surface area contributed by atoms with Crippen LogP contribution >= 0.6 is 27.7 Å². The Kier molecular flexibility index (Phi) is 5.35. The number of hydrogen-bond donors (Lipinski definition) is 2. The molecule has 1 heterocycles. The monoisotopic (exact) mass is 365 g/mol. The summed E-state index contributed by atoms with van der Waals surface area (Å²) in [7, 11) is 0. The number of nitrogens with two attached hydrogens (primary N) is 1. The second-order valence-corrected chi connectivity index (χ2v) is 5.93. The van der Waals surface area contributed by atoms with Crippen molar-refractivity contribution in [1.29, 1.82) is 0 Å². The summed E-state index contributed by atoms with van der Waals surface area (Å²) in [5, 5.41) is 3.01. The van der Waals surface area contributed by atoms with Crippen LogP contribution in [0.25, 0.3) is 0 Å². The van der Waals surface area contributed by atoms with E-state index >= 15 is 0 Å². The minimum absolute atomic E-state index is 0.104. The number of hydrogen-bond acceptors (Lipinski definition) is 5. The van der Waals surface area contributed by atoms with Gasteiger partial charge in [-0.15, -0.1) is 0 Å². The molecular weight excluding hydrogens is 354 g/mol. The average molecular weight is 366 g/mol. The molecule has 0 aliphatic rings. The summed E-state index contributed by atoms with van der Waals surface area (Å²) >= 11 is 4.51. The molecule has 1 aromatic heterocycles. The Morgan fingerprint density at radius 1 is 1.24 bits per heavy atom. The molecule has 0 bridgehead atoms. The third kappa shape index (κ3) is 4.57. The van der Waals surface area contributed by atoms with Crippen LogP contribution in [0.5, 0.6) is 0 Å². The lowest BCUT2D eigenvalue weighted by Gasteiger charge is -2.05. The largest absolute Gasteiger partial charge is 0.397 e. The van der Waals surface area contributed by atoms with Crippen molar-refractivity contribution >= 4 is 45.2 Å². The number of nitrogens with one attached hydrogen (secondary N) is 1. The summed E-state index contributed by atoms with van der Waals surface area (Å²) in [4.78, 5) is 27.8. The molecule has 2 rings (SSSR count). The first-order valence-electron chi connectivity index (χ1n) is 5.99. The molecule has 5 nitrogen and oxygen atoms in total. The van der Waals surface area contributed by atoms with Crippen LogP contribution in [0.1, 0.15) is 10.4 Å². The molecule has 2 aromatic rings. The number of thioether (sulfide) groups is 1. The van der Waals surface area contributed by atoms with Gasteiger partial charge in [-0.2, -0.15) is 0 Å². The van der Waals surface area contributed by atoms with E-state index in [0.717, 1.165) is 0 Å². The van der Waals surface area contributed by atoms with E-state index in [9.17, 15) is 9.59 Å². The molecule has 0 unspecified atom stereocenters. The Morgan fingerprint density at radius 3 is 2.67 bits per heavy atom. The number of imide groups is 1.